The van der Waals surface area contributed by atoms with Crippen LogP contribution in [0.1, 0.15) is 40.5 Å². The number of aliphatic imine (C=N–C) groups is 1. The second-order valence-corrected chi connectivity index (χ2v) is 6.57. The smallest absolute Gasteiger partial charge is 0.188 e. The molecule has 4 nitrogen and oxygen atoms in total. The monoisotopic (exact) mass is 280 g/mol. The molecule has 1 fully saturated rings. The Morgan fingerprint density at radius 3 is 2.50 bits per heavy atom. The summed E-state index contributed by atoms with van der Waals surface area (Å²) in [5.74, 6) is 2.00. The lowest BCUT2D eigenvalue weighted by Gasteiger charge is -2.38. The van der Waals surface area contributed by atoms with E-state index in [2.05, 4.69) is 42.6 Å². The normalized spacial score (nSPS) is 20.1. The van der Waals surface area contributed by atoms with Gasteiger partial charge in [-0.05, 0) is 44.7 Å². The molecule has 0 bridgehead atoms. The van der Waals surface area contributed by atoms with E-state index in [-0.39, 0.29) is 0 Å². The van der Waals surface area contributed by atoms with E-state index in [0.717, 1.165) is 18.0 Å². The van der Waals surface area contributed by atoms with Gasteiger partial charge in [-0.3, -0.25) is 9.89 Å². The molecule has 0 amide bonds. The number of nitrogens with one attached hydrogen (secondary N) is 1. The van der Waals surface area contributed by atoms with E-state index in [0.29, 0.717) is 24.5 Å². The van der Waals surface area contributed by atoms with Crippen molar-refractivity contribution in [2.45, 2.75) is 46.6 Å². The van der Waals surface area contributed by atoms with Crippen LogP contribution in [0.3, 0.4) is 0 Å². The average Bonchev–Trinajstić information content (AvgIpc) is 2.38. The highest BCUT2D eigenvalue weighted by Gasteiger charge is 2.25. The van der Waals surface area contributed by atoms with E-state index in [9.17, 15) is 0 Å². The molecule has 3 N–H and O–H groups in total. The maximum atomic E-state index is 5.90. The van der Waals surface area contributed by atoms with E-state index in [1.54, 1.807) is 0 Å². The molecule has 1 unspecified atom stereocenters. The lowest BCUT2D eigenvalue weighted by molar-refractivity contribution is 0.113. The molecule has 1 saturated heterocycles. The number of nitrogens with two attached hydrogens (primary N) is 1. The molecular weight excluding hydrogens is 248 g/mol. The summed E-state index contributed by atoms with van der Waals surface area (Å²) in [6, 6.07) is 0.493. The van der Waals surface area contributed by atoms with Crippen LogP contribution in [0.4, 0.5) is 0 Å². The molecule has 1 rings (SSSR count). The van der Waals surface area contributed by atoms with Gasteiger partial charge < -0.3 is 11.1 Å². The van der Waals surface area contributed by atoms with Gasteiger partial charge in [-0.25, -0.2) is 0 Å². The van der Waals surface area contributed by atoms with Crippen molar-refractivity contribution in [3.63, 3.8) is 0 Å². The van der Waals surface area contributed by atoms with Crippen molar-refractivity contribution in [1.29, 1.82) is 0 Å². The molecule has 4 heteroatoms. The summed E-state index contributed by atoms with van der Waals surface area (Å²) in [5.41, 5.74) is 6.96. The van der Waals surface area contributed by atoms with Gasteiger partial charge in [-0.2, -0.15) is 0 Å². The Morgan fingerprint density at radius 2 is 2.00 bits per heavy atom. The predicted octanol–water partition coefficient (Wildman–Crippen LogP) is 2.22. The van der Waals surface area contributed by atoms with Crippen LogP contribution < -0.4 is 11.1 Å². The quantitative estimate of drug-likeness (QED) is 0.446. The van der Waals surface area contributed by atoms with Crippen molar-refractivity contribution in [2.75, 3.05) is 26.2 Å². The molecule has 1 aliphatic rings. The Morgan fingerprint density at radius 1 is 1.40 bits per heavy atom. The van der Waals surface area contributed by atoms with Gasteiger partial charge in [0, 0.05) is 12.6 Å². The SMILES string of the molecule is C=C(C)CNC(N)=NCC(C(C)C)N1CCC(C)CC1. The van der Waals surface area contributed by atoms with Gasteiger partial charge in [0.25, 0.3) is 0 Å². The maximum absolute atomic E-state index is 5.90. The number of likely N-dealkylation sites (tertiary alicyclic amines) is 1. The van der Waals surface area contributed by atoms with E-state index in [1.165, 1.54) is 25.9 Å². The standard InChI is InChI=1S/C16H32N4/c1-12(2)10-18-16(17)19-11-15(13(3)4)20-8-6-14(5)7-9-20/h13-15H,1,6-11H2,2-5H3,(H3,17,18,19). The summed E-state index contributed by atoms with van der Waals surface area (Å²) >= 11 is 0. The van der Waals surface area contributed by atoms with Crippen molar-refractivity contribution in [3.05, 3.63) is 12.2 Å². The highest BCUT2D eigenvalue weighted by atomic mass is 15.2. The lowest BCUT2D eigenvalue weighted by atomic mass is 9.94. The molecule has 0 spiro atoms. The topological polar surface area (TPSA) is 53.6 Å². The van der Waals surface area contributed by atoms with Crippen molar-refractivity contribution in [1.82, 2.24) is 10.2 Å². The Kier molecular flexibility index (Phi) is 7.06. The molecule has 1 atom stereocenters. The van der Waals surface area contributed by atoms with Crippen molar-refractivity contribution in [3.8, 4) is 0 Å². The summed E-state index contributed by atoms with van der Waals surface area (Å²) in [6.07, 6.45) is 2.60. The van der Waals surface area contributed by atoms with E-state index < -0.39 is 0 Å². The molecule has 0 aromatic rings. The van der Waals surface area contributed by atoms with Crippen LogP contribution in [0.5, 0.6) is 0 Å². The summed E-state index contributed by atoms with van der Waals surface area (Å²) in [7, 11) is 0. The van der Waals surface area contributed by atoms with Crippen molar-refractivity contribution in [2.24, 2.45) is 22.6 Å². The maximum Gasteiger partial charge on any atom is 0.188 e. The Bertz CT molecular complexity index is 327. The summed E-state index contributed by atoms with van der Waals surface area (Å²) < 4.78 is 0. The van der Waals surface area contributed by atoms with E-state index >= 15 is 0 Å². The fourth-order valence-corrected chi connectivity index (χ4v) is 2.60. The third kappa shape index (κ3) is 5.95. The largest absolute Gasteiger partial charge is 0.370 e. The lowest BCUT2D eigenvalue weighted by Crippen LogP contribution is -2.46. The van der Waals surface area contributed by atoms with Gasteiger partial charge in [0.15, 0.2) is 5.96 Å². The van der Waals surface area contributed by atoms with Gasteiger partial charge >= 0.3 is 0 Å². The molecule has 20 heavy (non-hydrogen) atoms. The molecule has 0 saturated carbocycles. The third-order valence-corrected chi connectivity index (χ3v) is 4.08. The first kappa shape index (κ1) is 17.0. The highest BCUT2D eigenvalue weighted by Crippen LogP contribution is 2.21. The number of rotatable bonds is 6. The Hall–Kier alpha value is -1.03. The molecule has 0 aliphatic carbocycles. The molecule has 0 aromatic carbocycles. The minimum atomic E-state index is 0.493. The molecule has 116 valence electrons. The Balaban J connectivity index is 2.50. The van der Waals surface area contributed by atoms with Crippen LogP contribution in [0, 0.1) is 11.8 Å². The summed E-state index contributed by atoms with van der Waals surface area (Å²) in [4.78, 5) is 7.10. The summed E-state index contributed by atoms with van der Waals surface area (Å²) in [5, 5.41) is 3.10. The van der Waals surface area contributed by atoms with E-state index in [1.807, 2.05) is 6.92 Å². The van der Waals surface area contributed by atoms with Crippen LogP contribution in [-0.4, -0.2) is 43.1 Å². The first-order chi connectivity index (χ1) is 9.40. The minimum absolute atomic E-state index is 0.493. The molecule has 1 aliphatic heterocycles. The average molecular weight is 280 g/mol. The Labute approximate surface area is 124 Å². The molecule has 1 heterocycles. The van der Waals surface area contributed by atoms with Gasteiger partial charge in [0.2, 0.25) is 0 Å². The van der Waals surface area contributed by atoms with Crippen LogP contribution in [0.2, 0.25) is 0 Å². The van der Waals surface area contributed by atoms with Crippen molar-refractivity contribution < 1.29 is 0 Å². The van der Waals surface area contributed by atoms with Crippen LogP contribution in [0.15, 0.2) is 17.1 Å². The van der Waals surface area contributed by atoms with Crippen LogP contribution in [-0.2, 0) is 0 Å². The third-order valence-electron chi connectivity index (χ3n) is 4.08. The van der Waals surface area contributed by atoms with Gasteiger partial charge in [-0.15, -0.1) is 0 Å². The number of hydrogen-bond acceptors (Lipinski definition) is 2. The van der Waals surface area contributed by atoms with Crippen molar-refractivity contribution >= 4 is 5.96 Å². The zero-order valence-electron chi connectivity index (χ0n) is 13.7. The van der Waals surface area contributed by atoms with E-state index in [4.69, 9.17) is 5.73 Å². The first-order valence-corrected chi connectivity index (χ1v) is 7.82. The highest BCUT2D eigenvalue weighted by molar-refractivity contribution is 5.78. The zero-order chi connectivity index (χ0) is 15.1. The summed E-state index contributed by atoms with van der Waals surface area (Å²) in [6.45, 7) is 16.6. The minimum Gasteiger partial charge on any atom is -0.370 e. The zero-order valence-corrected chi connectivity index (χ0v) is 13.7. The van der Waals surface area contributed by atoms with Gasteiger partial charge in [-0.1, -0.05) is 32.9 Å². The molecule has 0 radical (unpaired) electrons. The van der Waals surface area contributed by atoms with Gasteiger partial charge in [0.1, 0.15) is 0 Å². The van der Waals surface area contributed by atoms with Crippen LogP contribution in [0.25, 0.3) is 0 Å². The number of nitrogens with zero attached hydrogens (tertiary/aromatic N) is 2. The fourth-order valence-electron chi connectivity index (χ4n) is 2.60. The first-order valence-electron chi connectivity index (χ1n) is 7.82. The second kappa shape index (κ2) is 8.30. The second-order valence-electron chi connectivity index (χ2n) is 6.57. The predicted molar refractivity (Wildman–Crippen MR) is 87.9 cm³/mol. The van der Waals surface area contributed by atoms with Gasteiger partial charge in [0.05, 0.1) is 6.54 Å². The number of guanidine groups is 1. The number of piperidine rings is 1. The van der Waals surface area contributed by atoms with Crippen LogP contribution >= 0.6 is 0 Å². The number of hydrogen-bond donors (Lipinski definition) is 2. The molecular formula is C16H32N4. The fraction of sp³-hybridized carbons (Fsp3) is 0.812. The molecule has 0 aromatic heterocycles.